The highest BCUT2D eigenvalue weighted by atomic mass is 15.0. The topological polar surface area (TPSA) is 17.0 Å². The van der Waals surface area contributed by atoms with Gasteiger partial charge in [0.15, 0.2) is 0 Å². The summed E-state index contributed by atoms with van der Waals surface area (Å²) in [5, 5.41) is 4.56. The zero-order valence-electron chi connectivity index (χ0n) is 9.75. The van der Waals surface area contributed by atoms with Crippen LogP contribution in [0.5, 0.6) is 0 Å². The number of para-hydroxylation sites is 1. The molecule has 0 spiro atoms. The third kappa shape index (κ3) is 1.70. The summed E-state index contributed by atoms with van der Waals surface area (Å²) < 4.78 is 2.23. The fourth-order valence-corrected chi connectivity index (χ4v) is 2.14. The van der Waals surface area contributed by atoms with Crippen LogP contribution in [0.15, 0.2) is 24.3 Å². The summed E-state index contributed by atoms with van der Waals surface area (Å²) in [6.45, 7) is 3.59. The Hall–Kier alpha value is -1.72. The van der Waals surface area contributed by atoms with E-state index >= 15 is 0 Å². The van der Waals surface area contributed by atoms with E-state index < -0.39 is 0 Å². The first-order chi connectivity index (χ1) is 7.75. The van der Waals surface area contributed by atoms with Gasteiger partial charge in [-0.1, -0.05) is 24.1 Å². The number of nitrogens with one attached hydrogen (secondary N) is 1. The van der Waals surface area contributed by atoms with Crippen LogP contribution in [0.1, 0.15) is 11.3 Å². The van der Waals surface area contributed by atoms with Crippen LogP contribution in [0.25, 0.3) is 10.9 Å². The molecular formula is C14H16N2. The highest BCUT2D eigenvalue weighted by Crippen LogP contribution is 2.23. The highest BCUT2D eigenvalue weighted by molar-refractivity contribution is 5.85. The molecule has 1 N–H and O–H groups in total. The molecule has 0 aliphatic heterocycles. The minimum absolute atomic E-state index is 0.612. The van der Waals surface area contributed by atoms with E-state index in [0.29, 0.717) is 6.54 Å². The fraction of sp³-hybridized carbons (Fsp3) is 0.286. The average Bonchev–Trinajstić information content (AvgIpc) is 2.55. The summed E-state index contributed by atoms with van der Waals surface area (Å²) in [6.07, 6.45) is 5.22. The largest absolute Gasteiger partial charge is 0.346 e. The van der Waals surface area contributed by atoms with Crippen molar-refractivity contribution >= 4 is 10.9 Å². The highest BCUT2D eigenvalue weighted by Gasteiger charge is 2.09. The molecule has 0 fully saturated rings. The number of rotatable bonds is 3. The van der Waals surface area contributed by atoms with Gasteiger partial charge in [-0.05, 0) is 18.6 Å². The third-order valence-corrected chi connectivity index (χ3v) is 3.03. The molecule has 16 heavy (non-hydrogen) atoms. The quantitative estimate of drug-likeness (QED) is 0.609. The van der Waals surface area contributed by atoms with E-state index in [-0.39, 0.29) is 0 Å². The summed E-state index contributed by atoms with van der Waals surface area (Å²) in [6, 6.07) is 8.46. The van der Waals surface area contributed by atoms with E-state index in [2.05, 4.69) is 54.0 Å². The molecule has 0 saturated carbocycles. The molecule has 2 nitrogen and oxygen atoms in total. The first-order valence-electron chi connectivity index (χ1n) is 5.42. The minimum atomic E-state index is 0.612. The molecule has 0 saturated heterocycles. The molecule has 82 valence electrons. The van der Waals surface area contributed by atoms with Crippen molar-refractivity contribution in [3.05, 3.63) is 35.5 Å². The van der Waals surface area contributed by atoms with Gasteiger partial charge >= 0.3 is 0 Å². The van der Waals surface area contributed by atoms with Crippen LogP contribution in [0.3, 0.4) is 0 Å². The molecule has 1 aromatic heterocycles. The SMILES string of the molecule is C#CCNCc1c(C)c2ccccc2n1C. The van der Waals surface area contributed by atoms with Crippen molar-refractivity contribution in [3.8, 4) is 12.3 Å². The Labute approximate surface area is 96.3 Å². The number of fused-ring (bicyclic) bond motifs is 1. The van der Waals surface area contributed by atoms with Gasteiger partial charge in [-0.3, -0.25) is 0 Å². The summed E-state index contributed by atoms with van der Waals surface area (Å²) in [5.74, 6) is 2.59. The molecule has 0 aliphatic rings. The predicted molar refractivity (Wildman–Crippen MR) is 68.2 cm³/mol. The lowest BCUT2D eigenvalue weighted by Gasteiger charge is -2.05. The third-order valence-electron chi connectivity index (χ3n) is 3.03. The van der Waals surface area contributed by atoms with Crippen LogP contribution >= 0.6 is 0 Å². The van der Waals surface area contributed by atoms with Gasteiger partial charge in [0.2, 0.25) is 0 Å². The van der Waals surface area contributed by atoms with Gasteiger partial charge in [-0.2, -0.15) is 0 Å². The van der Waals surface area contributed by atoms with Crippen LogP contribution in [0, 0.1) is 19.3 Å². The van der Waals surface area contributed by atoms with Gasteiger partial charge in [0.05, 0.1) is 6.54 Å². The normalized spacial score (nSPS) is 10.6. The van der Waals surface area contributed by atoms with Crippen molar-refractivity contribution in [3.63, 3.8) is 0 Å². The molecule has 0 atom stereocenters. The van der Waals surface area contributed by atoms with Gasteiger partial charge in [-0.15, -0.1) is 6.42 Å². The van der Waals surface area contributed by atoms with Crippen LogP contribution in [0.2, 0.25) is 0 Å². The first kappa shape index (κ1) is 10.8. The van der Waals surface area contributed by atoms with Crippen molar-refractivity contribution in [2.75, 3.05) is 6.54 Å². The Balaban J connectivity index is 2.42. The van der Waals surface area contributed by atoms with E-state index in [1.807, 2.05) is 0 Å². The molecule has 0 radical (unpaired) electrons. The smallest absolute Gasteiger partial charge is 0.0576 e. The molecular weight excluding hydrogens is 196 g/mol. The summed E-state index contributed by atoms with van der Waals surface area (Å²) in [7, 11) is 2.10. The zero-order valence-corrected chi connectivity index (χ0v) is 9.75. The van der Waals surface area contributed by atoms with Crippen LogP contribution < -0.4 is 5.32 Å². The molecule has 0 unspecified atom stereocenters. The number of hydrogen-bond donors (Lipinski definition) is 1. The van der Waals surface area contributed by atoms with Crippen molar-refractivity contribution in [1.29, 1.82) is 0 Å². The first-order valence-corrected chi connectivity index (χ1v) is 5.42. The average molecular weight is 212 g/mol. The van der Waals surface area contributed by atoms with E-state index in [4.69, 9.17) is 6.42 Å². The number of nitrogens with zero attached hydrogens (tertiary/aromatic N) is 1. The Kier molecular flexibility index (Phi) is 2.98. The lowest BCUT2D eigenvalue weighted by molar-refractivity contribution is 0.711. The summed E-state index contributed by atoms with van der Waals surface area (Å²) in [4.78, 5) is 0. The standard InChI is InChI=1S/C14H16N2/c1-4-9-15-10-14-11(2)12-7-5-6-8-13(12)16(14)3/h1,5-8,15H,9-10H2,2-3H3. The van der Waals surface area contributed by atoms with Crippen LogP contribution in [-0.2, 0) is 13.6 Å². The lowest BCUT2D eigenvalue weighted by atomic mass is 10.1. The second-order valence-corrected chi connectivity index (χ2v) is 3.96. The van der Waals surface area contributed by atoms with Crippen LogP contribution in [0.4, 0.5) is 0 Å². The molecule has 2 aromatic rings. The maximum atomic E-state index is 5.22. The number of aryl methyl sites for hydroxylation is 2. The maximum absolute atomic E-state index is 5.22. The van der Waals surface area contributed by atoms with Crippen LogP contribution in [-0.4, -0.2) is 11.1 Å². The number of aromatic nitrogens is 1. The second-order valence-electron chi connectivity index (χ2n) is 3.96. The van der Waals surface area contributed by atoms with Gasteiger partial charge in [-0.25, -0.2) is 0 Å². The Morgan fingerprint density at radius 2 is 2.12 bits per heavy atom. The Morgan fingerprint density at radius 3 is 2.81 bits per heavy atom. The second kappa shape index (κ2) is 4.42. The molecule has 1 heterocycles. The van der Waals surface area contributed by atoms with Crippen molar-refractivity contribution in [2.24, 2.45) is 7.05 Å². The lowest BCUT2D eigenvalue weighted by Crippen LogP contribution is -2.16. The molecule has 2 heteroatoms. The minimum Gasteiger partial charge on any atom is -0.346 e. The van der Waals surface area contributed by atoms with E-state index in [1.165, 1.54) is 22.2 Å². The molecule has 0 bridgehead atoms. The molecule has 0 amide bonds. The fourth-order valence-electron chi connectivity index (χ4n) is 2.14. The van der Waals surface area contributed by atoms with Gasteiger partial charge in [0, 0.05) is 30.2 Å². The van der Waals surface area contributed by atoms with Gasteiger partial charge < -0.3 is 9.88 Å². The zero-order chi connectivity index (χ0) is 11.5. The molecule has 1 aromatic carbocycles. The Bertz CT molecular complexity index is 505. The summed E-state index contributed by atoms with van der Waals surface area (Å²) >= 11 is 0. The number of terminal acetylenes is 1. The predicted octanol–water partition coefficient (Wildman–Crippen LogP) is 2.21. The van der Waals surface area contributed by atoms with E-state index in [0.717, 1.165) is 6.54 Å². The molecule has 2 rings (SSSR count). The number of hydrogen-bond acceptors (Lipinski definition) is 1. The summed E-state index contributed by atoms with van der Waals surface area (Å²) in [5.41, 5.74) is 3.91. The Morgan fingerprint density at radius 1 is 1.38 bits per heavy atom. The number of benzene rings is 1. The van der Waals surface area contributed by atoms with Crippen molar-refractivity contribution in [1.82, 2.24) is 9.88 Å². The monoisotopic (exact) mass is 212 g/mol. The maximum Gasteiger partial charge on any atom is 0.0576 e. The van der Waals surface area contributed by atoms with Crippen molar-refractivity contribution < 1.29 is 0 Å². The van der Waals surface area contributed by atoms with Gasteiger partial charge in [0.1, 0.15) is 0 Å². The van der Waals surface area contributed by atoms with Crippen molar-refractivity contribution in [2.45, 2.75) is 13.5 Å². The molecule has 0 aliphatic carbocycles. The van der Waals surface area contributed by atoms with E-state index in [9.17, 15) is 0 Å². The van der Waals surface area contributed by atoms with Gasteiger partial charge in [0.25, 0.3) is 0 Å². The van der Waals surface area contributed by atoms with E-state index in [1.54, 1.807) is 0 Å².